The Balaban J connectivity index is 2.08. The van der Waals surface area contributed by atoms with E-state index in [1.54, 1.807) is 36.4 Å². The van der Waals surface area contributed by atoms with Gasteiger partial charge >= 0.3 is 0 Å². The lowest BCUT2D eigenvalue weighted by atomic mass is 10.0. The maximum atomic E-state index is 12.2. The SMILES string of the molecule is O=C(NCCCF)c1ccc(C(=O)c2cccc(O)c2)cc1. The van der Waals surface area contributed by atoms with Gasteiger partial charge < -0.3 is 10.4 Å². The number of hydrogen-bond donors (Lipinski definition) is 2. The van der Waals surface area contributed by atoms with Crippen molar-refractivity contribution in [3.63, 3.8) is 0 Å². The molecule has 1 amide bonds. The molecule has 0 atom stereocenters. The van der Waals surface area contributed by atoms with Crippen LogP contribution < -0.4 is 5.32 Å². The number of carbonyl (C=O) groups excluding carboxylic acids is 2. The van der Waals surface area contributed by atoms with Crippen molar-refractivity contribution in [2.24, 2.45) is 0 Å². The molecule has 0 saturated heterocycles. The molecule has 0 spiro atoms. The zero-order valence-electron chi connectivity index (χ0n) is 11.9. The van der Waals surface area contributed by atoms with E-state index in [4.69, 9.17) is 0 Å². The lowest BCUT2D eigenvalue weighted by Gasteiger charge is -2.05. The molecule has 2 N–H and O–H groups in total. The molecule has 22 heavy (non-hydrogen) atoms. The van der Waals surface area contributed by atoms with E-state index >= 15 is 0 Å². The number of rotatable bonds is 6. The lowest BCUT2D eigenvalue weighted by Crippen LogP contribution is -2.24. The Morgan fingerprint density at radius 3 is 2.32 bits per heavy atom. The summed E-state index contributed by atoms with van der Waals surface area (Å²) in [5, 5.41) is 12.0. The fourth-order valence-electron chi connectivity index (χ4n) is 1.96. The molecule has 114 valence electrons. The molecular formula is C17H16FNO3. The van der Waals surface area contributed by atoms with Gasteiger partial charge in [-0.1, -0.05) is 24.3 Å². The quantitative estimate of drug-likeness (QED) is 0.637. The summed E-state index contributed by atoms with van der Waals surface area (Å²) >= 11 is 0. The summed E-state index contributed by atoms with van der Waals surface area (Å²) in [5.41, 5.74) is 1.21. The number of phenolic OH excluding ortho intramolecular Hbond substituents is 1. The lowest BCUT2D eigenvalue weighted by molar-refractivity contribution is 0.0951. The van der Waals surface area contributed by atoms with Crippen LogP contribution in [-0.2, 0) is 0 Å². The molecule has 2 aromatic carbocycles. The van der Waals surface area contributed by atoms with E-state index in [9.17, 15) is 19.1 Å². The van der Waals surface area contributed by atoms with Crippen LogP contribution in [0.15, 0.2) is 48.5 Å². The minimum atomic E-state index is -0.475. The van der Waals surface area contributed by atoms with Gasteiger partial charge in [0.2, 0.25) is 0 Å². The van der Waals surface area contributed by atoms with E-state index in [2.05, 4.69) is 5.32 Å². The number of benzene rings is 2. The first kappa shape index (κ1) is 15.7. The number of alkyl halides is 1. The predicted molar refractivity (Wildman–Crippen MR) is 80.9 cm³/mol. The number of phenols is 1. The first-order valence-corrected chi connectivity index (χ1v) is 6.90. The smallest absolute Gasteiger partial charge is 0.251 e. The van der Waals surface area contributed by atoms with Crippen molar-refractivity contribution in [2.75, 3.05) is 13.2 Å². The minimum Gasteiger partial charge on any atom is -0.508 e. The van der Waals surface area contributed by atoms with Gasteiger partial charge in [0.15, 0.2) is 5.78 Å². The van der Waals surface area contributed by atoms with Gasteiger partial charge in [-0.05, 0) is 30.7 Å². The van der Waals surface area contributed by atoms with Crippen LogP contribution in [0.5, 0.6) is 5.75 Å². The Morgan fingerprint density at radius 1 is 1.00 bits per heavy atom. The zero-order chi connectivity index (χ0) is 15.9. The fraction of sp³-hybridized carbons (Fsp3) is 0.176. The Morgan fingerprint density at radius 2 is 1.68 bits per heavy atom. The molecule has 0 aliphatic rings. The third-order valence-corrected chi connectivity index (χ3v) is 3.11. The van der Waals surface area contributed by atoms with Gasteiger partial charge in [0.05, 0.1) is 6.67 Å². The van der Waals surface area contributed by atoms with E-state index < -0.39 is 6.67 Å². The summed E-state index contributed by atoms with van der Waals surface area (Å²) in [4.78, 5) is 24.0. The Hall–Kier alpha value is -2.69. The molecule has 0 aliphatic heterocycles. The summed E-state index contributed by atoms with van der Waals surface area (Å²) in [6.45, 7) is -0.197. The number of amides is 1. The van der Waals surface area contributed by atoms with Crippen LogP contribution >= 0.6 is 0 Å². The molecule has 2 aromatic rings. The van der Waals surface area contributed by atoms with Crippen molar-refractivity contribution >= 4 is 11.7 Å². The highest BCUT2D eigenvalue weighted by Gasteiger charge is 2.11. The van der Waals surface area contributed by atoms with Crippen LogP contribution in [0.1, 0.15) is 32.7 Å². The highest BCUT2D eigenvalue weighted by Crippen LogP contribution is 2.15. The molecule has 0 aromatic heterocycles. The maximum absolute atomic E-state index is 12.2. The number of aromatic hydroxyl groups is 1. The molecule has 0 radical (unpaired) electrons. The van der Waals surface area contributed by atoms with Crippen molar-refractivity contribution in [3.8, 4) is 5.75 Å². The second kappa shape index (κ2) is 7.36. The van der Waals surface area contributed by atoms with Crippen LogP contribution in [-0.4, -0.2) is 30.0 Å². The number of nitrogens with one attached hydrogen (secondary N) is 1. The molecule has 0 bridgehead atoms. The third kappa shape index (κ3) is 3.91. The molecule has 0 fully saturated rings. The van der Waals surface area contributed by atoms with E-state index in [1.165, 1.54) is 12.1 Å². The van der Waals surface area contributed by atoms with Gasteiger partial charge in [-0.15, -0.1) is 0 Å². The second-order valence-electron chi connectivity index (χ2n) is 4.76. The van der Waals surface area contributed by atoms with Crippen LogP contribution in [0.25, 0.3) is 0 Å². The van der Waals surface area contributed by atoms with E-state index in [-0.39, 0.29) is 30.4 Å². The normalized spacial score (nSPS) is 10.2. The molecule has 0 aliphatic carbocycles. The largest absolute Gasteiger partial charge is 0.508 e. The Kier molecular flexibility index (Phi) is 5.25. The molecule has 4 nitrogen and oxygen atoms in total. The fourth-order valence-corrected chi connectivity index (χ4v) is 1.96. The topological polar surface area (TPSA) is 66.4 Å². The summed E-state index contributed by atoms with van der Waals surface area (Å²) in [7, 11) is 0. The van der Waals surface area contributed by atoms with Gasteiger partial charge in [-0.2, -0.15) is 0 Å². The molecule has 2 rings (SSSR count). The summed E-state index contributed by atoms with van der Waals surface area (Å²) in [6.07, 6.45) is 0.278. The van der Waals surface area contributed by atoms with Crippen LogP contribution in [0.4, 0.5) is 4.39 Å². The first-order valence-electron chi connectivity index (χ1n) is 6.90. The van der Waals surface area contributed by atoms with Gasteiger partial charge in [-0.3, -0.25) is 14.0 Å². The molecule has 0 saturated carbocycles. The van der Waals surface area contributed by atoms with Crippen LogP contribution in [0.2, 0.25) is 0 Å². The summed E-state index contributed by atoms with van der Waals surface area (Å²) in [6, 6.07) is 12.3. The van der Waals surface area contributed by atoms with E-state index in [1.807, 2.05) is 0 Å². The summed E-state index contributed by atoms with van der Waals surface area (Å²) < 4.78 is 12.0. The van der Waals surface area contributed by atoms with E-state index in [0.29, 0.717) is 16.7 Å². The Labute approximate surface area is 127 Å². The van der Waals surface area contributed by atoms with Gasteiger partial charge in [0.1, 0.15) is 5.75 Å². The number of halogens is 1. The van der Waals surface area contributed by atoms with E-state index in [0.717, 1.165) is 0 Å². The van der Waals surface area contributed by atoms with Crippen molar-refractivity contribution in [3.05, 3.63) is 65.2 Å². The van der Waals surface area contributed by atoms with Gasteiger partial charge in [0.25, 0.3) is 5.91 Å². The monoisotopic (exact) mass is 301 g/mol. The van der Waals surface area contributed by atoms with Gasteiger partial charge in [-0.25, -0.2) is 0 Å². The Bertz CT molecular complexity index is 668. The molecule has 5 heteroatoms. The van der Waals surface area contributed by atoms with Crippen molar-refractivity contribution < 1.29 is 19.1 Å². The second-order valence-corrected chi connectivity index (χ2v) is 4.76. The number of carbonyl (C=O) groups is 2. The van der Waals surface area contributed by atoms with Crippen LogP contribution in [0, 0.1) is 0 Å². The highest BCUT2D eigenvalue weighted by molar-refractivity contribution is 6.09. The minimum absolute atomic E-state index is 0.0229. The predicted octanol–water partition coefficient (Wildman–Crippen LogP) is 2.71. The average Bonchev–Trinajstić information content (AvgIpc) is 2.54. The van der Waals surface area contributed by atoms with Crippen molar-refractivity contribution in [2.45, 2.75) is 6.42 Å². The average molecular weight is 301 g/mol. The number of ketones is 1. The standard InChI is InChI=1S/C17H16FNO3/c18-9-2-10-19-17(22)13-7-5-12(6-8-13)16(21)14-3-1-4-15(20)11-14/h1,3-8,11,20H,2,9-10H2,(H,19,22). The van der Waals surface area contributed by atoms with Crippen molar-refractivity contribution in [1.82, 2.24) is 5.32 Å². The molecule has 0 heterocycles. The highest BCUT2D eigenvalue weighted by atomic mass is 19.1. The van der Waals surface area contributed by atoms with Crippen LogP contribution in [0.3, 0.4) is 0 Å². The molecule has 0 unspecified atom stereocenters. The molecular weight excluding hydrogens is 285 g/mol. The maximum Gasteiger partial charge on any atom is 0.251 e. The van der Waals surface area contributed by atoms with Crippen molar-refractivity contribution in [1.29, 1.82) is 0 Å². The first-order chi connectivity index (χ1) is 10.6. The zero-order valence-corrected chi connectivity index (χ0v) is 11.9. The van der Waals surface area contributed by atoms with Gasteiger partial charge in [0, 0.05) is 23.2 Å². The number of hydrogen-bond acceptors (Lipinski definition) is 3. The summed E-state index contributed by atoms with van der Waals surface area (Å²) in [5.74, 6) is -0.514. The third-order valence-electron chi connectivity index (χ3n) is 3.11.